The van der Waals surface area contributed by atoms with E-state index in [1.54, 1.807) is 13.1 Å². The van der Waals surface area contributed by atoms with Crippen LogP contribution in [0, 0.1) is 12.8 Å². The van der Waals surface area contributed by atoms with E-state index in [4.69, 9.17) is 4.74 Å². The molecule has 1 N–H and O–H groups in total. The standard InChI is InChI=1S/C31H37N3O3/c1-21(2)19-29(35)34-18-15-24-12-13-27(20-28(24)30(34)25-10-8-22(3)9-11-25)37-23(4)31(36)33-17-14-26-7-5-6-16-32-26/h5-13,16,20-21,23,30H,14-15,17-19H2,1-4H3,(H,33,36). The van der Waals surface area contributed by atoms with Gasteiger partial charge in [0.1, 0.15) is 5.75 Å². The molecule has 0 aliphatic carbocycles. The summed E-state index contributed by atoms with van der Waals surface area (Å²) in [6.45, 7) is 9.15. The monoisotopic (exact) mass is 499 g/mol. The van der Waals surface area contributed by atoms with Crippen molar-refractivity contribution in [1.29, 1.82) is 0 Å². The summed E-state index contributed by atoms with van der Waals surface area (Å²) in [6.07, 6.45) is 3.08. The predicted octanol–water partition coefficient (Wildman–Crippen LogP) is 5.04. The van der Waals surface area contributed by atoms with Gasteiger partial charge in [0.2, 0.25) is 5.91 Å². The van der Waals surface area contributed by atoms with Crippen LogP contribution in [0.15, 0.2) is 66.9 Å². The number of aromatic nitrogens is 1. The third-order valence-corrected chi connectivity index (χ3v) is 6.73. The summed E-state index contributed by atoms with van der Waals surface area (Å²) in [5, 5.41) is 2.94. The first-order valence-corrected chi connectivity index (χ1v) is 13.1. The Hall–Kier alpha value is -3.67. The fraction of sp³-hybridized carbons (Fsp3) is 0.387. The number of benzene rings is 2. The molecule has 2 atom stereocenters. The molecule has 2 heterocycles. The van der Waals surface area contributed by atoms with Crippen LogP contribution < -0.4 is 10.1 Å². The SMILES string of the molecule is Cc1ccc(C2c3cc(OC(C)C(=O)NCCc4ccccn4)ccc3CCN2C(=O)CC(C)C)cc1. The van der Waals surface area contributed by atoms with Gasteiger partial charge in [-0.1, -0.05) is 55.8 Å². The summed E-state index contributed by atoms with van der Waals surface area (Å²) in [5.41, 5.74) is 5.47. The number of aryl methyl sites for hydroxylation is 1. The van der Waals surface area contributed by atoms with Gasteiger partial charge < -0.3 is 15.0 Å². The molecule has 1 aliphatic rings. The van der Waals surface area contributed by atoms with Gasteiger partial charge in [-0.2, -0.15) is 0 Å². The van der Waals surface area contributed by atoms with Gasteiger partial charge in [0.05, 0.1) is 6.04 Å². The molecule has 2 amide bonds. The fourth-order valence-corrected chi connectivity index (χ4v) is 4.77. The van der Waals surface area contributed by atoms with Crippen molar-refractivity contribution in [3.8, 4) is 5.75 Å². The second kappa shape index (κ2) is 12.0. The van der Waals surface area contributed by atoms with Gasteiger partial charge >= 0.3 is 0 Å². The smallest absolute Gasteiger partial charge is 0.260 e. The first-order chi connectivity index (χ1) is 17.8. The van der Waals surface area contributed by atoms with E-state index < -0.39 is 6.10 Å². The normalized spacial score (nSPS) is 15.7. The molecular formula is C31H37N3O3. The predicted molar refractivity (Wildman–Crippen MR) is 145 cm³/mol. The average Bonchev–Trinajstić information content (AvgIpc) is 2.88. The van der Waals surface area contributed by atoms with Crippen molar-refractivity contribution < 1.29 is 14.3 Å². The van der Waals surface area contributed by atoms with Gasteiger partial charge in [-0.15, -0.1) is 0 Å². The molecule has 1 aliphatic heterocycles. The molecule has 6 heteroatoms. The van der Waals surface area contributed by atoms with Crippen molar-refractivity contribution >= 4 is 11.8 Å². The third-order valence-electron chi connectivity index (χ3n) is 6.73. The highest BCUT2D eigenvalue weighted by Gasteiger charge is 2.32. The highest BCUT2D eigenvalue weighted by Crippen LogP contribution is 2.38. The average molecular weight is 500 g/mol. The number of amides is 2. The van der Waals surface area contributed by atoms with E-state index in [9.17, 15) is 9.59 Å². The lowest BCUT2D eigenvalue weighted by molar-refractivity contribution is -0.134. The van der Waals surface area contributed by atoms with Crippen molar-refractivity contribution in [1.82, 2.24) is 15.2 Å². The molecule has 37 heavy (non-hydrogen) atoms. The second-order valence-electron chi connectivity index (χ2n) is 10.2. The summed E-state index contributed by atoms with van der Waals surface area (Å²) in [7, 11) is 0. The zero-order valence-corrected chi connectivity index (χ0v) is 22.2. The number of hydrogen-bond donors (Lipinski definition) is 1. The van der Waals surface area contributed by atoms with Crippen LogP contribution in [0.2, 0.25) is 0 Å². The van der Waals surface area contributed by atoms with E-state index in [2.05, 4.69) is 61.4 Å². The van der Waals surface area contributed by atoms with Gasteiger partial charge in [-0.05, 0) is 67.1 Å². The first kappa shape index (κ1) is 26.4. The van der Waals surface area contributed by atoms with Gasteiger partial charge in [-0.25, -0.2) is 0 Å². The Morgan fingerprint density at radius 2 is 1.86 bits per heavy atom. The van der Waals surface area contributed by atoms with Gasteiger partial charge in [0.25, 0.3) is 5.91 Å². The molecule has 4 rings (SSSR count). The maximum Gasteiger partial charge on any atom is 0.260 e. The molecule has 0 spiro atoms. The Labute approximate surface area is 220 Å². The molecule has 0 bridgehead atoms. The van der Waals surface area contributed by atoms with Crippen LogP contribution >= 0.6 is 0 Å². The molecule has 6 nitrogen and oxygen atoms in total. The van der Waals surface area contributed by atoms with Crippen LogP contribution in [0.3, 0.4) is 0 Å². The number of carbonyl (C=O) groups excluding carboxylic acids is 2. The molecule has 3 aromatic rings. The minimum absolute atomic E-state index is 0.165. The molecule has 194 valence electrons. The van der Waals surface area contributed by atoms with Crippen molar-refractivity contribution in [2.24, 2.45) is 5.92 Å². The minimum atomic E-state index is -0.651. The lowest BCUT2D eigenvalue weighted by atomic mass is 9.87. The minimum Gasteiger partial charge on any atom is -0.481 e. The summed E-state index contributed by atoms with van der Waals surface area (Å²) >= 11 is 0. The summed E-state index contributed by atoms with van der Waals surface area (Å²) in [6, 6.07) is 20.0. The van der Waals surface area contributed by atoms with E-state index in [1.165, 1.54) is 11.1 Å². The maximum atomic E-state index is 13.3. The number of nitrogens with one attached hydrogen (secondary N) is 1. The zero-order valence-electron chi connectivity index (χ0n) is 22.2. The number of carbonyl (C=O) groups is 2. The quantitative estimate of drug-likeness (QED) is 0.448. The van der Waals surface area contributed by atoms with E-state index in [-0.39, 0.29) is 17.9 Å². The van der Waals surface area contributed by atoms with Gasteiger partial charge in [0.15, 0.2) is 6.10 Å². The third kappa shape index (κ3) is 6.76. The number of rotatable bonds is 9. The summed E-state index contributed by atoms with van der Waals surface area (Å²) in [5.74, 6) is 0.913. The van der Waals surface area contributed by atoms with Gasteiger partial charge in [0, 0.05) is 37.8 Å². The molecule has 1 aromatic heterocycles. The Bertz CT molecular complexity index is 1210. The van der Waals surface area contributed by atoms with Crippen molar-refractivity contribution in [2.45, 2.75) is 59.1 Å². The van der Waals surface area contributed by atoms with E-state index in [1.807, 2.05) is 35.2 Å². The molecule has 2 unspecified atom stereocenters. The van der Waals surface area contributed by atoms with Crippen molar-refractivity contribution in [3.63, 3.8) is 0 Å². The molecule has 0 radical (unpaired) electrons. The number of ether oxygens (including phenoxy) is 1. The topological polar surface area (TPSA) is 71.5 Å². The highest BCUT2D eigenvalue weighted by atomic mass is 16.5. The number of pyridine rings is 1. The fourth-order valence-electron chi connectivity index (χ4n) is 4.77. The lowest BCUT2D eigenvalue weighted by Gasteiger charge is -2.38. The molecular weight excluding hydrogens is 462 g/mol. The summed E-state index contributed by atoms with van der Waals surface area (Å²) in [4.78, 5) is 32.2. The highest BCUT2D eigenvalue weighted by molar-refractivity contribution is 5.80. The number of hydrogen-bond acceptors (Lipinski definition) is 4. The van der Waals surface area contributed by atoms with Crippen LogP contribution in [-0.4, -0.2) is 40.9 Å². The van der Waals surface area contributed by atoms with E-state index in [0.29, 0.717) is 37.6 Å². The molecule has 0 fully saturated rings. The number of fused-ring (bicyclic) bond motifs is 1. The van der Waals surface area contributed by atoms with E-state index >= 15 is 0 Å². The largest absolute Gasteiger partial charge is 0.481 e. The van der Waals surface area contributed by atoms with Gasteiger partial charge in [-0.3, -0.25) is 14.6 Å². The van der Waals surface area contributed by atoms with E-state index in [0.717, 1.165) is 23.2 Å². The molecule has 0 saturated carbocycles. The van der Waals surface area contributed by atoms with Crippen LogP contribution in [0.5, 0.6) is 5.75 Å². The Balaban J connectivity index is 1.51. The zero-order chi connectivity index (χ0) is 26.4. The Morgan fingerprint density at radius 3 is 2.57 bits per heavy atom. The lowest BCUT2D eigenvalue weighted by Crippen LogP contribution is -2.41. The second-order valence-corrected chi connectivity index (χ2v) is 10.2. The van der Waals surface area contributed by atoms with Crippen molar-refractivity contribution in [3.05, 3.63) is 94.8 Å². The van der Waals surface area contributed by atoms with Crippen LogP contribution in [0.25, 0.3) is 0 Å². The number of nitrogens with zero attached hydrogens (tertiary/aromatic N) is 2. The van der Waals surface area contributed by atoms with Crippen LogP contribution in [-0.2, 0) is 22.4 Å². The van der Waals surface area contributed by atoms with Crippen LogP contribution in [0.1, 0.15) is 61.2 Å². The molecule has 0 saturated heterocycles. The first-order valence-electron chi connectivity index (χ1n) is 13.1. The Morgan fingerprint density at radius 1 is 1.08 bits per heavy atom. The van der Waals surface area contributed by atoms with Crippen molar-refractivity contribution in [2.75, 3.05) is 13.1 Å². The Kier molecular flexibility index (Phi) is 8.59. The summed E-state index contributed by atoms with van der Waals surface area (Å²) < 4.78 is 6.08. The van der Waals surface area contributed by atoms with Crippen LogP contribution in [0.4, 0.5) is 0 Å². The molecule has 2 aromatic carbocycles. The maximum absolute atomic E-state index is 13.3.